The van der Waals surface area contributed by atoms with Crippen LogP contribution in [0, 0.1) is 5.82 Å². The highest BCUT2D eigenvalue weighted by Crippen LogP contribution is 2.23. The number of nitrogens with one attached hydrogen (secondary N) is 1. The number of carbonyl (C=O) groups excluding carboxylic acids is 1. The molecule has 0 unspecified atom stereocenters. The highest BCUT2D eigenvalue weighted by molar-refractivity contribution is 5.82. The lowest BCUT2D eigenvalue weighted by atomic mass is 9.98. The fourth-order valence-electron chi connectivity index (χ4n) is 2.88. The van der Waals surface area contributed by atoms with E-state index in [1.165, 1.54) is 24.3 Å². The van der Waals surface area contributed by atoms with Crippen LogP contribution in [-0.2, 0) is 4.79 Å². The molecule has 1 N–H and O–H groups in total. The molecule has 0 aromatic heterocycles. The highest BCUT2D eigenvalue weighted by atomic mass is 19.1. The van der Waals surface area contributed by atoms with Crippen LogP contribution in [0.4, 0.5) is 4.39 Å². The Kier molecular flexibility index (Phi) is 6.21. The maximum absolute atomic E-state index is 13.1. The molecule has 0 spiro atoms. The molecular formula is C23H22FNO2. The summed E-state index contributed by atoms with van der Waals surface area (Å²) in [5.41, 5.74) is 1.99. The summed E-state index contributed by atoms with van der Waals surface area (Å²) in [7, 11) is 0. The minimum Gasteiger partial charge on any atom is -0.481 e. The van der Waals surface area contributed by atoms with Crippen LogP contribution in [0.1, 0.15) is 30.5 Å². The minimum atomic E-state index is -0.662. The van der Waals surface area contributed by atoms with E-state index in [9.17, 15) is 9.18 Å². The zero-order valence-corrected chi connectivity index (χ0v) is 15.1. The molecule has 27 heavy (non-hydrogen) atoms. The number of carbonyl (C=O) groups is 1. The van der Waals surface area contributed by atoms with Crippen LogP contribution in [0.15, 0.2) is 84.9 Å². The fraction of sp³-hybridized carbons (Fsp3) is 0.174. The van der Waals surface area contributed by atoms with Gasteiger partial charge in [0.1, 0.15) is 11.6 Å². The maximum Gasteiger partial charge on any atom is 0.261 e. The van der Waals surface area contributed by atoms with Gasteiger partial charge < -0.3 is 10.1 Å². The smallest absolute Gasteiger partial charge is 0.261 e. The molecule has 0 saturated heterocycles. The third-order valence-corrected chi connectivity index (χ3v) is 4.31. The van der Waals surface area contributed by atoms with Crippen LogP contribution in [0.25, 0.3) is 0 Å². The van der Waals surface area contributed by atoms with Gasteiger partial charge in [0.2, 0.25) is 0 Å². The van der Waals surface area contributed by atoms with Crippen LogP contribution < -0.4 is 10.1 Å². The van der Waals surface area contributed by atoms with E-state index in [2.05, 4.69) is 5.32 Å². The quantitative estimate of drug-likeness (QED) is 0.649. The molecule has 3 aromatic rings. The topological polar surface area (TPSA) is 38.3 Å². The van der Waals surface area contributed by atoms with Gasteiger partial charge in [0, 0.05) is 0 Å². The van der Waals surface area contributed by atoms with E-state index < -0.39 is 6.10 Å². The van der Waals surface area contributed by atoms with Gasteiger partial charge >= 0.3 is 0 Å². The second-order valence-corrected chi connectivity index (χ2v) is 6.23. The van der Waals surface area contributed by atoms with Gasteiger partial charge in [-0.1, -0.05) is 67.6 Å². The lowest BCUT2D eigenvalue weighted by Gasteiger charge is -2.23. The number of halogens is 1. The molecule has 3 rings (SSSR count). The summed E-state index contributed by atoms with van der Waals surface area (Å²) < 4.78 is 18.9. The molecule has 3 nitrogen and oxygen atoms in total. The zero-order chi connectivity index (χ0) is 19.1. The van der Waals surface area contributed by atoms with Crippen LogP contribution >= 0.6 is 0 Å². The van der Waals surface area contributed by atoms with Gasteiger partial charge in [0.25, 0.3) is 5.91 Å². The SMILES string of the molecule is CC[C@H](Oc1ccc(F)cc1)C(=O)NC(c1ccccc1)c1ccccc1. The second kappa shape index (κ2) is 8.99. The lowest BCUT2D eigenvalue weighted by Crippen LogP contribution is -2.40. The molecule has 0 saturated carbocycles. The van der Waals surface area contributed by atoms with Crippen molar-refractivity contribution in [1.82, 2.24) is 5.32 Å². The molecule has 0 aliphatic heterocycles. The predicted octanol–water partition coefficient (Wildman–Crippen LogP) is 4.89. The summed E-state index contributed by atoms with van der Waals surface area (Å²) in [6.07, 6.45) is -0.162. The molecule has 1 amide bonds. The molecule has 0 bridgehead atoms. The first kappa shape index (κ1) is 18.6. The molecule has 138 valence electrons. The van der Waals surface area contributed by atoms with Gasteiger partial charge in [0.05, 0.1) is 6.04 Å². The predicted molar refractivity (Wildman–Crippen MR) is 104 cm³/mol. The normalized spacial score (nSPS) is 11.8. The summed E-state index contributed by atoms with van der Waals surface area (Å²) in [6, 6.07) is 25.0. The van der Waals surface area contributed by atoms with E-state index in [-0.39, 0.29) is 17.8 Å². The Hall–Kier alpha value is -3.14. The summed E-state index contributed by atoms with van der Waals surface area (Å²) in [5, 5.41) is 3.09. The highest BCUT2D eigenvalue weighted by Gasteiger charge is 2.23. The lowest BCUT2D eigenvalue weighted by molar-refractivity contribution is -0.128. The first-order chi connectivity index (χ1) is 13.2. The molecule has 3 aromatic carbocycles. The number of benzene rings is 3. The molecule has 0 fully saturated rings. The molecule has 0 radical (unpaired) electrons. The zero-order valence-electron chi connectivity index (χ0n) is 15.1. The van der Waals surface area contributed by atoms with Gasteiger partial charge in [-0.15, -0.1) is 0 Å². The third-order valence-electron chi connectivity index (χ3n) is 4.31. The second-order valence-electron chi connectivity index (χ2n) is 6.23. The molecule has 0 heterocycles. The molecule has 1 atom stereocenters. The van der Waals surface area contributed by atoms with Crippen molar-refractivity contribution in [3.63, 3.8) is 0 Å². The standard InChI is InChI=1S/C23H22FNO2/c1-2-21(27-20-15-13-19(24)14-16-20)23(26)25-22(17-9-5-3-6-10-17)18-11-7-4-8-12-18/h3-16,21-22H,2H2,1H3,(H,25,26)/t21-/m0/s1. The Morgan fingerprint density at radius 2 is 1.41 bits per heavy atom. The first-order valence-electron chi connectivity index (χ1n) is 9.00. The average Bonchev–Trinajstić information content (AvgIpc) is 2.72. The van der Waals surface area contributed by atoms with Crippen molar-refractivity contribution >= 4 is 5.91 Å². The number of ether oxygens (including phenoxy) is 1. The van der Waals surface area contributed by atoms with Crippen molar-refractivity contribution < 1.29 is 13.9 Å². The number of amides is 1. The van der Waals surface area contributed by atoms with Gasteiger partial charge in [-0.25, -0.2) is 4.39 Å². The number of hydrogen-bond donors (Lipinski definition) is 1. The average molecular weight is 363 g/mol. The van der Waals surface area contributed by atoms with Crippen molar-refractivity contribution in [2.24, 2.45) is 0 Å². The van der Waals surface area contributed by atoms with Gasteiger partial charge in [-0.05, 0) is 41.8 Å². The van der Waals surface area contributed by atoms with Gasteiger partial charge in [0.15, 0.2) is 6.10 Å². The Balaban J connectivity index is 1.79. The van der Waals surface area contributed by atoms with Crippen molar-refractivity contribution in [3.8, 4) is 5.75 Å². The van der Waals surface area contributed by atoms with E-state index in [4.69, 9.17) is 4.74 Å². The Morgan fingerprint density at radius 3 is 1.89 bits per heavy atom. The third kappa shape index (κ3) is 4.94. The summed E-state index contributed by atoms with van der Waals surface area (Å²) in [4.78, 5) is 12.9. The van der Waals surface area contributed by atoms with Crippen LogP contribution in [0.5, 0.6) is 5.75 Å². The maximum atomic E-state index is 13.1. The van der Waals surface area contributed by atoms with E-state index >= 15 is 0 Å². The summed E-state index contributed by atoms with van der Waals surface area (Å²) >= 11 is 0. The Morgan fingerprint density at radius 1 is 0.889 bits per heavy atom. The van der Waals surface area contributed by atoms with Crippen LogP contribution in [-0.4, -0.2) is 12.0 Å². The van der Waals surface area contributed by atoms with E-state index in [0.29, 0.717) is 12.2 Å². The largest absolute Gasteiger partial charge is 0.481 e. The van der Waals surface area contributed by atoms with Crippen molar-refractivity contribution in [3.05, 3.63) is 102 Å². The van der Waals surface area contributed by atoms with E-state index in [1.54, 1.807) is 0 Å². The van der Waals surface area contributed by atoms with Crippen molar-refractivity contribution in [2.75, 3.05) is 0 Å². The fourth-order valence-corrected chi connectivity index (χ4v) is 2.88. The van der Waals surface area contributed by atoms with Gasteiger partial charge in [-0.2, -0.15) is 0 Å². The number of hydrogen-bond acceptors (Lipinski definition) is 2. The van der Waals surface area contributed by atoms with Gasteiger partial charge in [-0.3, -0.25) is 4.79 Å². The molecule has 4 heteroatoms. The monoisotopic (exact) mass is 363 g/mol. The molecule has 0 aliphatic rings. The van der Waals surface area contributed by atoms with Crippen molar-refractivity contribution in [1.29, 1.82) is 0 Å². The minimum absolute atomic E-state index is 0.209. The summed E-state index contributed by atoms with van der Waals surface area (Å²) in [6.45, 7) is 1.88. The van der Waals surface area contributed by atoms with E-state index in [1.807, 2.05) is 67.6 Å². The Labute approximate surface area is 158 Å². The molecular weight excluding hydrogens is 341 g/mol. The van der Waals surface area contributed by atoms with Crippen LogP contribution in [0.3, 0.4) is 0 Å². The number of rotatable bonds is 7. The van der Waals surface area contributed by atoms with Crippen LogP contribution in [0.2, 0.25) is 0 Å². The van der Waals surface area contributed by atoms with E-state index in [0.717, 1.165) is 11.1 Å². The summed E-state index contributed by atoms with van der Waals surface area (Å²) in [5.74, 6) is -0.0815. The Bertz CT molecular complexity index is 811. The molecule has 0 aliphatic carbocycles. The first-order valence-corrected chi connectivity index (χ1v) is 9.00. The van der Waals surface area contributed by atoms with Crippen molar-refractivity contribution in [2.45, 2.75) is 25.5 Å².